The highest BCUT2D eigenvalue weighted by Gasteiger charge is 2.30. The molecule has 4 fully saturated rings. The van der Waals surface area contributed by atoms with Crippen molar-refractivity contribution < 1.29 is 0 Å². The van der Waals surface area contributed by atoms with Crippen molar-refractivity contribution in [2.45, 2.75) is 50.8 Å². The number of hydrogen-bond acceptors (Lipinski definition) is 13. The molecule has 5 rings (SSSR count). The van der Waals surface area contributed by atoms with Gasteiger partial charge < -0.3 is 19.6 Å². The van der Waals surface area contributed by atoms with E-state index in [0.717, 1.165) is 61.2 Å². The fraction of sp³-hybridized carbons (Fsp3) is 0.762. The number of hydrogen-bond donors (Lipinski definition) is 2. The molecule has 0 aromatic carbocycles. The van der Waals surface area contributed by atoms with Gasteiger partial charge in [-0.3, -0.25) is 20.5 Å². The highest BCUT2D eigenvalue weighted by atomic mass is 33.1. The van der Waals surface area contributed by atoms with Gasteiger partial charge in [-0.1, -0.05) is 84.2 Å². The smallest absolute Gasteiger partial charge is 0.176 e. The van der Waals surface area contributed by atoms with Gasteiger partial charge in [-0.15, -0.1) is 0 Å². The summed E-state index contributed by atoms with van der Waals surface area (Å²) < 4.78 is 3.94. The maximum absolute atomic E-state index is 5.50. The summed E-state index contributed by atoms with van der Waals surface area (Å²) in [6, 6.07) is 0. The molecule has 2 N–H and O–H groups in total. The van der Waals surface area contributed by atoms with Crippen molar-refractivity contribution in [1.29, 1.82) is 0 Å². The minimum atomic E-state index is 0.284. The third-order valence-corrected chi connectivity index (χ3v) is 13.5. The molecule has 0 aromatic heterocycles. The highest BCUT2D eigenvalue weighted by molar-refractivity contribution is 8.89. The number of amidine groups is 1. The van der Waals surface area contributed by atoms with Crippen LogP contribution in [-0.2, 0) is 0 Å². The Morgan fingerprint density at radius 1 is 0.816 bits per heavy atom. The Labute approximate surface area is 269 Å². The molecule has 0 amide bonds. The first-order valence-electron chi connectivity index (χ1n) is 12.2. The quantitative estimate of drug-likeness (QED) is 0.326. The average Bonchev–Trinajstić information content (AvgIpc) is 3.43. The van der Waals surface area contributed by atoms with E-state index in [-0.39, 0.29) is 12.3 Å². The number of thiocarbonyl (C=S) groups is 4. The Bertz CT molecular complexity index is 885. The summed E-state index contributed by atoms with van der Waals surface area (Å²) in [5, 5.41) is 8.90. The summed E-state index contributed by atoms with van der Waals surface area (Å²) in [4.78, 5) is 15.1. The van der Waals surface area contributed by atoms with Gasteiger partial charge in [0.05, 0.1) is 42.2 Å². The predicted octanol–water partition coefficient (Wildman–Crippen LogP) is 4.35. The van der Waals surface area contributed by atoms with E-state index in [1.54, 1.807) is 56.9 Å². The van der Waals surface area contributed by atoms with Crippen molar-refractivity contribution in [1.82, 2.24) is 35.1 Å². The summed E-state index contributed by atoms with van der Waals surface area (Å²) in [6.07, 6.45) is 0.568. The number of fused-ring (bicyclic) bond motifs is 1. The topological polar surface area (TPSA) is 52.6 Å². The van der Waals surface area contributed by atoms with Gasteiger partial charge in [-0.05, 0) is 56.3 Å². The molecule has 4 unspecified atom stereocenters. The van der Waals surface area contributed by atoms with Crippen LogP contribution in [0.5, 0.6) is 0 Å². The lowest BCUT2D eigenvalue weighted by Gasteiger charge is -2.43. The van der Waals surface area contributed by atoms with E-state index < -0.39 is 0 Å². The standard InChI is InChI=1S/C12H22N4S4.C5H10N2S2.C4H4N2S3/c1-7-13-9(3)19-11(17)15(7)5-6-16-8(2)14-10(4)20-12(16)18;1-6-3-7(2)5(8)9-4-6;7-4-6-2-1-5-3(6)8-9-4/h7-10,13-14H,5-6H2,1-4H3;3-4H2,1-2H3;1-2H2. The van der Waals surface area contributed by atoms with Crippen LogP contribution in [-0.4, -0.2) is 123 Å². The molecule has 0 aromatic rings. The number of nitrogens with zero attached hydrogens (tertiary/aromatic N) is 6. The first kappa shape index (κ1) is 33.4. The number of nitrogens with one attached hydrogen (secondary N) is 2. The van der Waals surface area contributed by atoms with Crippen LogP contribution in [0, 0.1) is 0 Å². The molecule has 0 spiro atoms. The first-order chi connectivity index (χ1) is 18.0. The van der Waals surface area contributed by atoms with E-state index in [1.165, 1.54) is 0 Å². The summed E-state index contributed by atoms with van der Waals surface area (Å²) in [7, 11) is 7.41. The second-order valence-electron chi connectivity index (χ2n) is 9.11. The van der Waals surface area contributed by atoms with Gasteiger partial charge in [0.1, 0.15) is 13.0 Å². The summed E-state index contributed by atoms with van der Waals surface area (Å²) in [5.74, 6) is 1.03. The van der Waals surface area contributed by atoms with Crippen LogP contribution in [0.25, 0.3) is 0 Å². The van der Waals surface area contributed by atoms with Crippen molar-refractivity contribution in [2.24, 2.45) is 4.99 Å². The molecule has 4 saturated heterocycles. The SMILES string of the molecule is CC1NC(C)N(CCN2C(=S)SC(C)NC2C)C(=S)S1.CN1CSC(=S)N(C)C1.S=C1SSC2=NCCN12. The van der Waals surface area contributed by atoms with E-state index in [1.807, 2.05) is 7.05 Å². The first-order valence-corrected chi connectivity index (χ1v) is 18.7. The van der Waals surface area contributed by atoms with Crippen LogP contribution < -0.4 is 10.6 Å². The molecule has 0 aliphatic carbocycles. The number of thioether (sulfide) groups is 3. The van der Waals surface area contributed by atoms with Gasteiger partial charge in [0.25, 0.3) is 0 Å². The van der Waals surface area contributed by atoms with Crippen molar-refractivity contribution in [3.8, 4) is 0 Å². The fourth-order valence-electron chi connectivity index (χ4n) is 3.99. The lowest BCUT2D eigenvalue weighted by molar-refractivity contribution is 0.223. The Kier molecular flexibility index (Phi) is 14.0. The van der Waals surface area contributed by atoms with Crippen molar-refractivity contribution in [3.05, 3.63) is 0 Å². The van der Waals surface area contributed by atoms with Gasteiger partial charge in [0, 0.05) is 26.7 Å². The van der Waals surface area contributed by atoms with Crippen molar-refractivity contribution in [3.63, 3.8) is 0 Å². The van der Waals surface area contributed by atoms with Gasteiger partial charge in [-0.2, -0.15) is 0 Å². The molecule has 0 saturated carbocycles. The highest BCUT2D eigenvalue weighted by Crippen LogP contribution is 2.38. The lowest BCUT2D eigenvalue weighted by Crippen LogP contribution is -2.58. The summed E-state index contributed by atoms with van der Waals surface area (Å²) >= 11 is 26.2. The maximum atomic E-state index is 5.50. The van der Waals surface area contributed by atoms with Crippen LogP contribution in [0.2, 0.25) is 0 Å². The molecule has 0 radical (unpaired) electrons. The zero-order valence-electron chi connectivity index (χ0n) is 22.4. The number of aliphatic imine (C=N–C) groups is 1. The van der Waals surface area contributed by atoms with Crippen LogP contribution in [0.4, 0.5) is 0 Å². The molecular formula is C21H36N8S9. The van der Waals surface area contributed by atoms with E-state index >= 15 is 0 Å². The summed E-state index contributed by atoms with van der Waals surface area (Å²) in [5.41, 5.74) is 0. The predicted molar refractivity (Wildman–Crippen MR) is 190 cm³/mol. The monoisotopic (exact) mass is 688 g/mol. The van der Waals surface area contributed by atoms with E-state index in [2.05, 4.69) is 74.9 Å². The van der Waals surface area contributed by atoms with Crippen molar-refractivity contribution >= 4 is 128 Å². The molecule has 17 heteroatoms. The molecule has 5 heterocycles. The van der Waals surface area contributed by atoms with Crippen LogP contribution >= 0.6 is 106 Å². The molecule has 8 nitrogen and oxygen atoms in total. The third-order valence-electron chi connectivity index (χ3n) is 5.88. The zero-order chi connectivity index (χ0) is 28.0. The molecule has 214 valence electrons. The Morgan fingerprint density at radius 3 is 1.82 bits per heavy atom. The third kappa shape index (κ3) is 9.71. The van der Waals surface area contributed by atoms with Gasteiger partial charge in [0.15, 0.2) is 9.49 Å². The maximum Gasteiger partial charge on any atom is 0.176 e. The van der Waals surface area contributed by atoms with Crippen molar-refractivity contribution in [2.75, 3.05) is 52.8 Å². The van der Waals surface area contributed by atoms with E-state index in [9.17, 15) is 0 Å². The fourth-order valence-corrected chi connectivity index (χ4v) is 10.7. The Hall–Kier alpha value is 0.860. The van der Waals surface area contributed by atoms with Crippen LogP contribution in [0.15, 0.2) is 4.99 Å². The second-order valence-corrected chi connectivity index (χ2v) is 17.4. The lowest BCUT2D eigenvalue weighted by atomic mass is 10.4. The van der Waals surface area contributed by atoms with Gasteiger partial charge in [0.2, 0.25) is 0 Å². The van der Waals surface area contributed by atoms with E-state index in [0.29, 0.717) is 10.7 Å². The Morgan fingerprint density at radius 2 is 1.37 bits per heavy atom. The van der Waals surface area contributed by atoms with Crippen LogP contribution in [0.3, 0.4) is 0 Å². The number of rotatable bonds is 3. The minimum Gasteiger partial charge on any atom is -0.348 e. The summed E-state index contributed by atoms with van der Waals surface area (Å²) in [6.45, 7) is 13.3. The largest absolute Gasteiger partial charge is 0.348 e. The second kappa shape index (κ2) is 15.9. The molecular weight excluding hydrogens is 653 g/mol. The van der Waals surface area contributed by atoms with Gasteiger partial charge in [-0.25, -0.2) is 0 Å². The molecule has 0 bridgehead atoms. The Balaban J connectivity index is 0.000000182. The van der Waals surface area contributed by atoms with Gasteiger partial charge >= 0.3 is 0 Å². The molecule has 5 aliphatic rings. The molecule has 38 heavy (non-hydrogen) atoms. The van der Waals surface area contributed by atoms with E-state index in [4.69, 9.17) is 48.9 Å². The molecule has 5 aliphatic heterocycles. The molecule has 4 atom stereocenters. The van der Waals surface area contributed by atoms with Crippen LogP contribution in [0.1, 0.15) is 27.7 Å². The average molecular weight is 689 g/mol. The zero-order valence-corrected chi connectivity index (χ0v) is 29.8. The normalized spacial score (nSPS) is 30.0. The minimum absolute atomic E-state index is 0.284.